The van der Waals surface area contributed by atoms with Gasteiger partial charge in [-0.1, -0.05) is 18.2 Å². The van der Waals surface area contributed by atoms with Crippen molar-refractivity contribution in [3.63, 3.8) is 0 Å². The lowest BCUT2D eigenvalue weighted by molar-refractivity contribution is 0.0616. The van der Waals surface area contributed by atoms with Crippen LogP contribution in [0.25, 0.3) is 11.0 Å². The smallest absolute Gasteiger partial charge is 0.291 e. The Labute approximate surface area is 181 Å². The van der Waals surface area contributed by atoms with E-state index in [2.05, 4.69) is 4.98 Å². The van der Waals surface area contributed by atoms with E-state index in [0.29, 0.717) is 43.0 Å². The molecule has 1 saturated heterocycles. The molecule has 31 heavy (non-hydrogen) atoms. The largest absolute Gasteiger partial charge is 0.320 e. The highest BCUT2D eigenvalue weighted by atomic mass is 32.2. The molecule has 0 unspecified atom stereocenters. The van der Waals surface area contributed by atoms with Crippen LogP contribution in [-0.2, 0) is 10.0 Å². The molecule has 166 valence electrons. The summed E-state index contributed by atoms with van der Waals surface area (Å²) in [6.45, 7) is 4.46. The molecule has 1 aliphatic heterocycles. The van der Waals surface area contributed by atoms with E-state index >= 15 is 0 Å². The maximum Gasteiger partial charge on any atom is 0.320 e. The Morgan fingerprint density at radius 3 is 2.29 bits per heavy atom. The van der Waals surface area contributed by atoms with Crippen LogP contribution < -0.4 is 0 Å². The molecule has 0 bridgehead atoms. The topological polar surface area (TPSA) is 58.4 Å². The summed E-state index contributed by atoms with van der Waals surface area (Å²) in [4.78, 5) is 6.75. The van der Waals surface area contributed by atoms with Crippen molar-refractivity contribution in [3.05, 3.63) is 59.4 Å². The second kappa shape index (κ2) is 8.29. The second-order valence-electron chi connectivity index (χ2n) is 7.97. The van der Waals surface area contributed by atoms with Crippen molar-refractivity contribution in [3.8, 4) is 0 Å². The third-order valence-corrected chi connectivity index (χ3v) is 8.02. The second-order valence-corrected chi connectivity index (χ2v) is 9.91. The van der Waals surface area contributed by atoms with Crippen LogP contribution in [0, 0.1) is 13.8 Å². The number of para-hydroxylation sites is 2. The van der Waals surface area contributed by atoms with Crippen LogP contribution in [0.4, 0.5) is 8.78 Å². The van der Waals surface area contributed by atoms with Crippen LogP contribution in [0.2, 0.25) is 0 Å². The third kappa shape index (κ3) is 3.97. The minimum Gasteiger partial charge on any atom is -0.291 e. The van der Waals surface area contributed by atoms with Gasteiger partial charge in [0, 0.05) is 26.2 Å². The first-order chi connectivity index (χ1) is 14.7. The van der Waals surface area contributed by atoms with Gasteiger partial charge in [0.1, 0.15) is 5.82 Å². The van der Waals surface area contributed by atoms with Gasteiger partial charge in [-0.2, -0.15) is 13.1 Å². The van der Waals surface area contributed by atoms with Crippen molar-refractivity contribution in [2.24, 2.45) is 0 Å². The lowest BCUT2D eigenvalue weighted by Gasteiger charge is -2.37. The monoisotopic (exact) mass is 448 g/mol. The molecule has 0 spiro atoms. The standard InChI is InChI=1S/C22H26F2N4O2S/c1-15-8-9-18(14-16(15)2)31(29,30)27-12-10-26(11-13-27)17(3)21-25-19-6-4-5-7-20(19)28(21)22(23)24/h4-9,14,17,22H,10-13H2,1-3H3/t17-/m0/s1. The average Bonchev–Trinajstić information content (AvgIpc) is 3.15. The number of hydrogen-bond acceptors (Lipinski definition) is 4. The van der Waals surface area contributed by atoms with Gasteiger partial charge in [-0.3, -0.25) is 9.47 Å². The van der Waals surface area contributed by atoms with Crippen molar-refractivity contribution in [1.29, 1.82) is 0 Å². The lowest BCUT2D eigenvalue weighted by atomic mass is 10.1. The molecule has 2 aromatic carbocycles. The molecule has 9 heteroatoms. The van der Waals surface area contributed by atoms with E-state index in [0.717, 1.165) is 15.7 Å². The summed E-state index contributed by atoms with van der Waals surface area (Å²) in [7, 11) is -3.59. The molecule has 4 rings (SSSR count). The molecule has 0 aliphatic carbocycles. The summed E-state index contributed by atoms with van der Waals surface area (Å²) in [5.41, 5.74) is 2.90. The van der Waals surface area contributed by atoms with Gasteiger partial charge in [0.2, 0.25) is 10.0 Å². The number of piperazine rings is 1. The average molecular weight is 449 g/mol. The molecule has 0 radical (unpaired) electrons. The number of imidazole rings is 1. The quantitative estimate of drug-likeness (QED) is 0.589. The van der Waals surface area contributed by atoms with E-state index in [1.165, 1.54) is 4.31 Å². The lowest BCUT2D eigenvalue weighted by Crippen LogP contribution is -2.49. The first-order valence-electron chi connectivity index (χ1n) is 10.3. The molecule has 1 aromatic heterocycles. The number of hydrogen-bond donors (Lipinski definition) is 0. The van der Waals surface area contributed by atoms with E-state index in [1.54, 1.807) is 36.4 Å². The first kappa shape index (κ1) is 21.9. The summed E-state index contributed by atoms with van der Waals surface area (Å²) in [5, 5.41) is 0. The number of aryl methyl sites for hydroxylation is 2. The number of nitrogens with zero attached hydrogens (tertiary/aromatic N) is 4. The van der Waals surface area contributed by atoms with Crippen molar-refractivity contribution < 1.29 is 17.2 Å². The Hall–Kier alpha value is -2.36. The summed E-state index contributed by atoms with van der Waals surface area (Å²) < 4.78 is 56.1. The molecule has 1 fully saturated rings. The highest BCUT2D eigenvalue weighted by molar-refractivity contribution is 7.89. The predicted molar refractivity (Wildman–Crippen MR) is 116 cm³/mol. The number of benzene rings is 2. The Bertz CT molecular complexity index is 1200. The number of sulfonamides is 1. The number of aromatic nitrogens is 2. The Morgan fingerprint density at radius 2 is 1.65 bits per heavy atom. The Kier molecular flexibility index (Phi) is 5.85. The normalized spacial score (nSPS) is 17.5. The van der Waals surface area contributed by atoms with Crippen LogP contribution in [0.15, 0.2) is 47.4 Å². The predicted octanol–water partition coefficient (Wildman–Crippen LogP) is 4.12. The number of rotatable bonds is 5. The molecule has 1 atom stereocenters. The van der Waals surface area contributed by atoms with Crippen LogP contribution >= 0.6 is 0 Å². The van der Waals surface area contributed by atoms with Gasteiger partial charge in [0.05, 0.1) is 22.0 Å². The van der Waals surface area contributed by atoms with E-state index < -0.39 is 16.6 Å². The van der Waals surface area contributed by atoms with Crippen molar-refractivity contribution >= 4 is 21.1 Å². The van der Waals surface area contributed by atoms with Crippen molar-refractivity contribution in [2.75, 3.05) is 26.2 Å². The van der Waals surface area contributed by atoms with Crippen LogP contribution in [0.1, 0.15) is 36.5 Å². The number of alkyl halides is 2. The van der Waals surface area contributed by atoms with Gasteiger partial charge >= 0.3 is 6.55 Å². The van der Waals surface area contributed by atoms with E-state index in [4.69, 9.17) is 0 Å². The maximum absolute atomic E-state index is 13.8. The van der Waals surface area contributed by atoms with E-state index in [1.807, 2.05) is 31.7 Å². The minimum atomic E-state index is -3.59. The zero-order valence-electron chi connectivity index (χ0n) is 17.8. The number of fused-ring (bicyclic) bond motifs is 1. The van der Waals surface area contributed by atoms with E-state index in [-0.39, 0.29) is 10.9 Å². The van der Waals surface area contributed by atoms with Gasteiger partial charge in [-0.25, -0.2) is 13.4 Å². The van der Waals surface area contributed by atoms with Gasteiger partial charge in [0.25, 0.3) is 0 Å². The molecule has 2 heterocycles. The van der Waals surface area contributed by atoms with Crippen molar-refractivity contribution in [1.82, 2.24) is 18.8 Å². The summed E-state index contributed by atoms with van der Waals surface area (Å²) in [6, 6.07) is 11.6. The van der Waals surface area contributed by atoms with E-state index in [9.17, 15) is 17.2 Å². The molecule has 0 saturated carbocycles. The summed E-state index contributed by atoms with van der Waals surface area (Å²) >= 11 is 0. The Balaban J connectivity index is 1.53. The Morgan fingerprint density at radius 1 is 0.968 bits per heavy atom. The highest BCUT2D eigenvalue weighted by Gasteiger charge is 2.32. The van der Waals surface area contributed by atoms with Crippen LogP contribution in [0.3, 0.4) is 0 Å². The summed E-state index contributed by atoms with van der Waals surface area (Å²) in [6.07, 6.45) is 0. The minimum absolute atomic E-state index is 0.289. The first-order valence-corrected chi connectivity index (χ1v) is 11.7. The van der Waals surface area contributed by atoms with Crippen LogP contribution in [0.5, 0.6) is 0 Å². The zero-order chi connectivity index (χ0) is 22.3. The zero-order valence-corrected chi connectivity index (χ0v) is 18.6. The van der Waals surface area contributed by atoms with Gasteiger partial charge in [-0.15, -0.1) is 0 Å². The molecular formula is C22H26F2N4O2S. The molecular weight excluding hydrogens is 422 g/mol. The molecule has 3 aromatic rings. The fraction of sp³-hybridized carbons (Fsp3) is 0.409. The summed E-state index contributed by atoms with van der Waals surface area (Å²) in [5.74, 6) is 0.293. The van der Waals surface area contributed by atoms with Gasteiger partial charge in [0.15, 0.2) is 0 Å². The SMILES string of the molecule is Cc1ccc(S(=O)(=O)N2CCN([C@@H](C)c3nc4ccccc4n3C(F)F)CC2)cc1C. The number of halogens is 2. The van der Waals surface area contributed by atoms with Gasteiger partial charge < -0.3 is 0 Å². The highest BCUT2D eigenvalue weighted by Crippen LogP contribution is 2.30. The molecule has 6 nitrogen and oxygen atoms in total. The van der Waals surface area contributed by atoms with Crippen molar-refractivity contribution in [2.45, 2.75) is 38.3 Å². The molecule has 0 amide bonds. The maximum atomic E-state index is 13.8. The fourth-order valence-corrected chi connectivity index (χ4v) is 5.59. The molecule has 1 aliphatic rings. The van der Waals surface area contributed by atoms with Crippen LogP contribution in [-0.4, -0.2) is 53.4 Å². The fourth-order valence-electron chi connectivity index (χ4n) is 4.08. The third-order valence-electron chi connectivity index (χ3n) is 6.13. The molecule has 0 N–H and O–H groups in total. The van der Waals surface area contributed by atoms with Gasteiger partial charge in [-0.05, 0) is 56.2 Å².